The second kappa shape index (κ2) is 8.59. The Labute approximate surface area is 170 Å². The lowest BCUT2D eigenvalue weighted by molar-refractivity contribution is -0.133. The predicted octanol–water partition coefficient (Wildman–Crippen LogP) is 1.51. The first-order valence-corrected chi connectivity index (χ1v) is 10.3. The Hall–Kier alpha value is -2.32. The lowest BCUT2D eigenvalue weighted by Crippen LogP contribution is -2.58. The first kappa shape index (κ1) is 20.0. The number of hydrogen-bond donors (Lipinski definition) is 1. The van der Waals surface area contributed by atoms with E-state index < -0.39 is 0 Å². The average molecular weight is 401 g/mol. The van der Waals surface area contributed by atoms with Crippen molar-refractivity contribution in [1.29, 1.82) is 0 Å². The molecule has 0 radical (unpaired) electrons. The van der Waals surface area contributed by atoms with Crippen LogP contribution in [0.3, 0.4) is 0 Å². The number of halogens is 1. The van der Waals surface area contributed by atoms with Crippen LogP contribution in [0.4, 0.5) is 4.39 Å². The first-order valence-electron chi connectivity index (χ1n) is 10.3. The molecule has 4 unspecified atom stereocenters. The van der Waals surface area contributed by atoms with E-state index in [2.05, 4.69) is 25.4 Å². The maximum absolute atomic E-state index is 13.0. The molecule has 0 saturated carbocycles. The zero-order valence-electron chi connectivity index (χ0n) is 17.1. The van der Waals surface area contributed by atoms with Crippen molar-refractivity contribution in [3.63, 3.8) is 0 Å². The van der Waals surface area contributed by atoms with Crippen molar-refractivity contribution in [3.05, 3.63) is 47.5 Å². The quantitative estimate of drug-likeness (QED) is 0.763. The molecule has 2 aromatic rings. The molecule has 0 aliphatic carbocycles. The molecule has 0 spiro atoms. The summed E-state index contributed by atoms with van der Waals surface area (Å²) < 4.78 is 15.0. The van der Waals surface area contributed by atoms with Gasteiger partial charge in [0.1, 0.15) is 5.82 Å². The van der Waals surface area contributed by atoms with Gasteiger partial charge < -0.3 is 10.2 Å². The zero-order chi connectivity index (χ0) is 20.4. The van der Waals surface area contributed by atoms with Crippen LogP contribution in [0, 0.1) is 17.7 Å². The van der Waals surface area contributed by atoms with E-state index >= 15 is 0 Å². The van der Waals surface area contributed by atoms with Crippen LogP contribution in [-0.2, 0) is 24.4 Å². The topological polar surface area (TPSA) is 66.3 Å². The second-order valence-corrected chi connectivity index (χ2v) is 8.55. The van der Waals surface area contributed by atoms with Gasteiger partial charge in [-0.05, 0) is 57.1 Å². The van der Waals surface area contributed by atoms with Gasteiger partial charge in [0.25, 0.3) is 0 Å². The van der Waals surface area contributed by atoms with E-state index in [0.717, 1.165) is 50.3 Å². The van der Waals surface area contributed by atoms with Gasteiger partial charge in [0.05, 0.1) is 18.2 Å². The Morgan fingerprint density at radius 2 is 2.10 bits per heavy atom. The van der Waals surface area contributed by atoms with Crippen molar-refractivity contribution in [3.8, 4) is 0 Å². The summed E-state index contributed by atoms with van der Waals surface area (Å²) in [6, 6.07) is 6.68. The molecule has 5 rings (SSSR count). The minimum absolute atomic E-state index is 0.0282. The molecular formula is C21H29FN6O. The van der Waals surface area contributed by atoms with E-state index in [1.165, 1.54) is 12.1 Å². The molecule has 7 nitrogen and oxygen atoms in total. The maximum Gasteiger partial charge on any atom is 0.224 e. The lowest BCUT2D eigenvalue weighted by atomic mass is 9.75. The monoisotopic (exact) mass is 400 g/mol. The van der Waals surface area contributed by atoms with Gasteiger partial charge in [-0.25, -0.2) is 4.39 Å². The van der Waals surface area contributed by atoms with Gasteiger partial charge in [0, 0.05) is 31.9 Å². The zero-order valence-corrected chi connectivity index (χ0v) is 17.1. The number of hydrogen-bond acceptors (Lipinski definition) is 5. The van der Waals surface area contributed by atoms with E-state index in [4.69, 9.17) is 0 Å². The van der Waals surface area contributed by atoms with Crippen molar-refractivity contribution < 1.29 is 9.18 Å². The second-order valence-electron chi connectivity index (χ2n) is 8.55. The van der Waals surface area contributed by atoms with Crippen LogP contribution < -0.4 is 5.32 Å². The van der Waals surface area contributed by atoms with Crippen LogP contribution in [0.1, 0.15) is 24.1 Å². The van der Waals surface area contributed by atoms with Gasteiger partial charge in [-0.3, -0.25) is 14.4 Å². The fraction of sp³-hybridized carbons (Fsp3) is 0.571. The fourth-order valence-electron chi connectivity index (χ4n) is 4.59. The van der Waals surface area contributed by atoms with Gasteiger partial charge in [-0.2, -0.15) is 0 Å². The molecule has 29 heavy (non-hydrogen) atoms. The van der Waals surface area contributed by atoms with Gasteiger partial charge in [0.2, 0.25) is 5.91 Å². The van der Waals surface area contributed by atoms with Crippen molar-refractivity contribution in [2.24, 2.45) is 11.8 Å². The number of piperidine rings is 3. The molecule has 156 valence electrons. The molecule has 1 amide bonds. The normalized spacial score (nSPS) is 26.1. The number of amides is 1. The van der Waals surface area contributed by atoms with Crippen molar-refractivity contribution >= 4 is 5.91 Å². The fourth-order valence-corrected chi connectivity index (χ4v) is 4.59. The summed E-state index contributed by atoms with van der Waals surface area (Å²) in [6.07, 6.45) is 4.10. The SMILES string of the molecule is CN(C)Cc1cn(CC2CC3CCN2CC3C(=O)NCc2ccc(F)cc2)nn1. The van der Waals surface area contributed by atoms with Gasteiger partial charge in [0.15, 0.2) is 0 Å². The van der Waals surface area contributed by atoms with E-state index in [-0.39, 0.29) is 17.6 Å². The summed E-state index contributed by atoms with van der Waals surface area (Å²) in [6.45, 7) is 3.88. The number of nitrogens with one attached hydrogen (secondary N) is 1. The highest BCUT2D eigenvalue weighted by molar-refractivity contribution is 5.79. The Morgan fingerprint density at radius 1 is 1.31 bits per heavy atom. The van der Waals surface area contributed by atoms with Crippen LogP contribution in [0.25, 0.3) is 0 Å². The Balaban J connectivity index is 1.30. The summed E-state index contributed by atoms with van der Waals surface area (Å²) in [5.74, 6) is 0.282. The number of carbonyl (C=O) groups is 1. The van der Waals surface area contributed by atoms with Crippen molar-refractivity contribution in [2.45, 2.75) is 38.5 Å². The molecule has 3 fully saturated rings. The first-order chi connectivity index (χ1) is 14.0. The minimum Gasteiger partial charge on any atom is -0.352 e. The highest BCUT2D eigenvalue weighted by Crippen LogP contribution is 2.37. The molecule has 4 atom stereocenters. The molecule has 1 N–H and O–H groups in total. The third-order valence-corrected chi connectivity index (χ3v) is 6.06. The Bertz CT molecular complexity index is 836. The summed E-state index contributed by atoms with van der Waals surface area (Å²) >= 11 is 0. The molecular weight excluding hydrogens is 371 g/mol. The summed E-state index contributed by atoms with van der Waals surface area (Å²) in [7, 11) is 4.04. The third kappa shape index (κ3) is 4.82. The Kier molecular flexibility index (Phi) is 5.91. The van der Waals surface area contributed by atoms with Crippen LogP contribution >= 0.6 is 0 Å². The summed E-state index contributed by atoms with van der Waals surface area (Å²) in [4.78, 5) is 17.3. The molecule has 3 aliphatic heterocycles. The van der Waals surface area contributed by atoms with Crippen LogP contribution in [-0.4, -0.2) is 63.9 Å². The highest BCUT2D eigenvalue weighted by atomic mass is 19.1. The van der Waals surface area contributed by atoms with Gasteiger partial charge in [-0.1, -0.05) is 17.3 Å². The molecule has 3 aliphatic rings. The van der Waals surface area contributed by atoms with E-state index in [1.807, 2.05) is 25.0 Å². The number of carbonyl (C=O) groups excluding carboxylic acids is 1. The molecule has 4 heterocycles. The number of benzene rings is 1. The predicted molar refractivity (Wildman–Crippen MR) is 107 cm³/mol. The number of nitrogens with zero attached hydrogens (tertiary/aromatic N) is 5. The molecule has 8 heteroatoms. The van der Waals surface area contributed by atoms with Crippen LogP contribution in [0.15, 0.2) is 30.5 Å². The third-order valence-electron chi connectivity index (χ3n) is 6.06. The molecule has 1 aromatic heterocycles. The molecule has 3 saturated heterocycles. The lowest BCUT2D eigenvalue weighted by Gasteiger charge is -2.49. The standard InChI is InChI=1S/C21H29FN6O/c1-26(2)11-18-12-28(25-24-18)13-19-9-16-7-8-27(19)14-20(16)21(29)23-10-15-3-5-17(22)6-4-15/h3-6,12,16,19-20H,7-11,13-14H2,1-2H3,(H,23,29). The highest BCUT2D eigenvalue weighted by Gasteiger charge is 2.43. The smallest absolute Gasteiger partial charge is 0.224 e. The Morgan fingerprint density at radius 3 is 2.79 bits per heavy atom. The van der Waals surface area contributed by atoms with E-state index in [1.54, 1.807) is 12.1 Å². The van der Waals surface area contributed by atoms with E-state index in [0.29, 0.717) is 18.5 Å². The van der Waals surface area contributed by atoms with Crippen molar-refractivity contribution in [1.82, 2.24) is 30.1 Å². The maximum atomic E-state index is 13.0. The van der Waals surface area contributed by atoms with Crippen LogP contribution in [0.2, 0.25) is 0 Å². The summed E-state index contributed by atoms with van der Waals surface area (Å²) in [5.41, 5.74) is 1.89. The number of fused-ring (bicyclic) bond motifs is 3. The molecule has 2 bridgehead atoms. The largest absolute Gasteiger partial charge is 0.352 e. The van der Waals surface area contributed by atoms with Gasteiger partial charge in [-0.15, -0.1) is 5.10 Å². The van der Waals surface area contributed by atoms with E-state index in [9.17, 15) is 9.18 Å². The summed E-state index contributed by atoms with van der Waals surface area (Å²) in [5, 5.41) is 11.6. The van der Waals surface area contributed by atoms with Crippen LogP contribution in [0.5, 0.6) is 0 Å². The average Bonchev–Trinajstić information content (AvgIpc) is 3.13. The number of rotatable bonds is 7. The van der Waals surface area contributed by atoms with Crippen molar-refractivity contribution in [2.75, 3.05) is 27.2 Å². The van der Waals surface area contributed by atoms with Gasteiger partial charge >= 0.3 is 0 Å². The number of aromatic nitrogens is 3. The minimum atomic E-state index is -0.260. The molecule has 1 aromatic carbocycles.